The average Bonchev–Trinajstić information content (AvgIpc) is 2.84. The maximum Gasteiger partial charge on any atom is 0.159 e. The molecular weight excluding hydrogens is 448 g/mol. The SMILES string of the molecule is CCCCCc1ccc(C#Cc2ccc(C#Cc3ccc4cc(F)c(F)cc4c3)c(F)c2)c(F)c1. The van der Waals surface area contributed by atoms with Crippen LogP contribution in [0.15, 0.2) is 66.7 Å². The standard InChI is InChI=1S/C31H22F4/c1-2-3-4-5-21-6-11-24(28(32)17-21)13-8-23-9-14-25(29(33)18-23)12-7-22-10-15-26-19-30(34)31(35)20-27(26)16-22/h6,9-11,14-20H,2-5H2,1H3. The minimum Gasteiger partial charge on any atom is -0.206 e. The third-order valence-electron chi connectivity index (χ3n) is 5.63. The van der Waals surface area contributed by atoms with E-state index < -0.39 is 17.5 Å². The summed E-state index contributed by atoms with van der Waals surface area (Å²) in [5.41, 5.74) is 2.33. The van der Waals surface area contributed by atoms with Crippen LogP contribution in [0.5, 0.6) is 0 Å². The lowest BCUT2D eigenvalue weighted by Gasteiger charge is -2.02. The minimum absolute atomic E-state index is 0.170. The molecule has 4 heteroatoms. The highest BCUT2D eigenvalue weighted by molar-refractivity contribution is 5.84. The van der Waals surface area contributed by atoms with Gasteiger partial charge in [-0.2, -0.15) is 0 Å². The Morgan fingerprint density at radius 1 is 0.543 bits per heavy atom. The highest BCUT2D eigenvalue weighted by atomic mass is 19.2. The number of rotatable bonds is 4. The lowest BCUT2D eigenvalue weighted by molar-refractivity contribution is 0.511. The van der Waals surface area contributed by atoms with Crippen LogP contribution < -0.4 is 0 Å². The molecule has 0 radical (unpaired) electrons. The van der Waals surface area contributed by atoms with E-state index in [2.05, 4.69) is 30.6 Å². The topological polar surface area (TPSA) is 0 Å². The molecule has 0 heterocycles. The molecule has 0 N–H and O–H groups in total. The van der Waals surface area contributed by atoms with Gasteiger partial charge in [0.15, 0.2) is 11.6 Å². The first kappa shape index (κ1) is 24.1. The number of halogens is 4. The first-order valence-corrected chi connectivity index (χ1v) is 11.4. The highest BCUT2D eigenvalue weighted by Gasteiger charge is 2.05. The number of benzene rings is 4. The zero-order chi connectivity index (χ0) is 24.8. The summed E-state index contributed by atoms with van der Waals surface area (Å²) < 4.78 is 55.8. The molecule has 4 aromatic rings. The number of hydrogen-bond donors (Lipinski definition) is 0. The number of fused-ring (bicyclic) bond motifs is 1. The zero-order valence-electron chi connectivity index (χ0n) is 19.2. The minimum atomic E-state index is -0.937. The first-order valence-electron chi connectivity index (χ1n) is 11.4. The van der Waals surface area contributed by atoms with Crippen LogP contribution in [0.25, 0.3) is 10.8 Å². The van der Waals surface area contributed by atoms with Crippen LogP contribution in [0.4, 0.5) is 17.6 Å². The van der Waals surface area contributed by atoms with E-state index in [-0.39, 0.29) is 16.9 Å². The Balaban J connectivity index is 1.50. The average molecular weight is 471 g/mol. The molecule has 4 aromatic carbocycles. The molecule has 0 aliphatic carbocycles. The fourth-order valence-electron chi connectivity index (χ4n) is 3.69. The second-order valence-corrected chi connectivity index (χ2v) is 8.29. The molecule has 0 unspecified atom stereocenters. The van der Waals surface area contributed by atoms with E-state index in [9.17, 15) is 17.6 Å². The van der Waals surface area contributed by atoms with Gasteiger partial charge in [0, 0.05) is 11.1 Å². The molecule has 4 rings (SSSR count). The van der Waals surface area contributed by atoms with Crippen LogP contribution in [-0.4, -0.2) is 0 Å². The van der Waals surface area contributed by atoms with Crippen LogP contribution in [0.2, 0.25) is 0 Å². The molecule has 0 nitrogen and oxygen atoms in total. The van der Waals surface area contributed by atoms with Gasteiger partial charge in [0.05, 0.1) is 11.1 Å². The Bertz CT molecular complexity index is 1510. The Labute approximate surface area is 202 Å². The Morgan fingerprint density at radius 2 is 1.14 bits per heavy atom. The monoisotopic (exact) mass is 470 g/mol. The molecule has 0 saturated heterocycles. The molecule has 35 heavy (non-hydrogen) atoms. The number of unbranched alkanes of at least 4 members (excludes halogenated alkanes) is 2. The van der Waals surface area contributed by atoms with Gasteiger partial charge in [0.25, 0.3) is 0 Å². The van der Waals surface area contributed by atoms with Gasteiger partial charge in [-0.3, -0.25) is 0 Å². The van der Waals surface area contributed by atoms with Crippen molar-refractivity contribution in [3.05, 3.63) is 118 Å². The van der Waals surface area contributed by atoms with E-state index in [1.807, 2.05) is 6.07 Å². The summed E-state index contributed by atoms with van der Waals surface area (Å²) >= 11 is 0. The maximum atomic E-state index is 14.6. The normalized spacial score (nSPS) is 10.4. The van der Waals surface area contributed by atoms with Gasteiger partial charge in [-0.15, -0.1) is 0 Å². The molecule has 0 aliphatic rings. The van der Waals surface area contributed by atoms with Crippen molar-refractivity contribution in [2.45, 2.75) is 32.6 Å². The van der Waals surface area contributed by atoms with Crippen molar-refractivity contribution in [2.24, 2.45) is 0 Å². The summed E-state index contributed by atoms with van der Waals surface area (Å²) in [5, 5.41) is 1.05. The van der Waals surface area contributed by atoms with Crippen LogP contribution in [-0.2, 0) is 6.42 Å². The van der Waals surface area contributed by atoms with Gasteiger partial charge < -0.3 is 0 Å². The predicted octanol–water partition coefficient (Wildman–Crippen LogP) is 7.93. The number of hydrogen-bond acceptors (Lipinski definition) is 0. The molecule has 0 fully saturated rings. The van der Waals surface area contributed by atoms with Crippen LogP contribution in [0.1, 0.15) is 54.0 Å². The van der Waals surface area contributed by atoms with Crippen molar-refractivity contribution >= 4 is 10.8 Å². The second-order valence-electron chi connectivity index (χ2n) is 8.29. The van der Waals surface area contributed by atoms with Crippen LogP contribution in [0, 0.1) is 47.0 Å². The molecule has 0 aromatic heterocycles. The zero-order valence-corrected chi connectivity index (χ0v) is 19.2. The summed E-state index contributed by atoms with van der Waals surface area (Å²) in [4.78, 5) is 0. The van der Waals surface area contributed by atoms with Crippen molar-refractivity contribution in [1.82, 2.24) is 0 Å². The van der Waals surface area contributed by atoms with Crippen molar-refractivity contribution in [3.8, 4) is 23.7 Å². The fraction of sp³-hybridized carbons (Fsp3) is 0.161. The van der Waals surface area contributed by atoms with Crippen LogP contribution >= 0.6 is 0 Å². The summed E-state index contributed by atoms with van der Waals surface area (Å²) in [7, 11) is 0. The van der Waals surface area contributed by atoms with E-state index in [1.54, 1.807) is 30.3 Å². The molecular formula is C31H22F4. The Hall–Kier alpha value is -4.02. The molecule has 0 amide bonds. The van der Waals surface area contributed by atoms with Crippen molar-refractivity contribution in [3.63, 3.8) is 0 Å². The summed E-state index contributed by atoms with van der Waals surface area (Å²) in [6.07, 6.45) is 4.08. The van der Waals surface area contributed by atoms with E-state index in [4.69, 9.17) is 0 Å². The van der Waals surface area contributed by atoms with Crippen molar-refractivity contribution in [2.75, 3.05) is 0 Å². The first-order chi connectivity index (χ1) is 16.9. The lowest BCUT2D eigenvalue weighted by Crippen LogP contribution is -1.91. The van der Waals surface area contributed by atoms with E-state index in [0.29, 0.717) is 21.9 Å². The van der Waals surface area contributed by atoms with Gasteiger partial charge >= 0.3 is 0 Å². The largest absolute Gasteiger partial charge is 0.206 e. The Kier molecular flexibility index (Phi) is 7.54. The molecule has 0 saturated carbocycles. The molecule has 0 atom stereocenters. The lowest BCUT2D eigenvalue weighted by atomic mass is 10.0. The van der Waals surface area contributed by atoms with Crippen LogP contribution in [0.3, 0.4) is 0 Å². The fourth-order valence-corrected chi connectivity index (χ4v) is 3.69. The quantitative estimate of drug-likeness (QED) is 0.161. The van der Waals surface area contributed by atoms with E-state index >= 15 is 0 Å². The van der Waals surface area contributed by atoms with Gasteiger partial charge in [-0.1, -0.05) is 55.6 Å². The smallest absolute Gasteiger partial charge is 0.159 e. The Morgan fingerprint density at radius 3 is 1.80 bits per heavy atom. The van der Waals surface area contributed by atoms with E-state index in [1.165, 1.54) is 18.2 Å². The summed E-state index contributed by atoms with van der Waals surface area (Å²) in [6, 6.07) is 16.6. The van der Waals surface area contributed by atoms with Gasteiger partial charge in [0.2, 0.25) is 0 Å². The second kappa shape index (κ2) is 10.9. The molecule has 0 spiro atoms. The third-order valence-corrected chi connectivity index (χ3v) is 5.63. The van der Waals surface area contributed by atoms with Gasteiger partial charge in [0.1, 0.15) is 11.6 Å². The summed E-state index contributed by atoms with van der Waals surface area (Å²) in [5.74, 6) is 8.39. The maximum absolute atomic E-state index is 14.6. The predicted molar refractivity (Wildman–Crippen MR) is 132 cm³/mol. The van der Waals surface area contributed by atoms with Crippen molar-refractivity contribution < 1.29 is 17.6 Å². The van der Waals surface area contributed by atoms with E-state index in [0.717, 1.165) is 43.4 Å². The molecule has 0 aliphatic heterocycles. The summed E-state index contributed by atoms with van der Waals surface area (Å²) in [6.45, 7) is 2.12. The molecule has 0 bridgehead atoms. The van der Waals surface area contributed by atoms with Gasteiger partial charge in [-0.25, -0.2) is 17.6 Å². The van der Waals surface area contributed by atoms with Gasteiger partial charge in [-0.05, 0) is 83.8 Å². The number of aryl methyl sites for hydroxylation is 1. The van der Waals surface area contributed by atoms with Crippen molar-refractivity contribution in [1.29, 1.82) is 0 Å². The third kappa shape index (κ3) is 6.11. The highest BCUT2D eigenvalue weighted by Crippen LogP contribution is 2.20. The molecule has 174 valence electrons.